The van der Waals surface area contributed by atoms with E-state index in [4.69, 9.17) is 9.47 Å². The van der Waals surface area contributed by atoms with Crippen molar-refractivity contribution in [2.45, 2.75) is 11.3 Å². The number of amides is 1. The van der Waals surface area contributed by atoms with Crippen molar-refractivity contribution in [3.8, 4) is 11.5 Å². The summed E-state index contributed by atoms with van der Waals surface area (Å²) in [6, 6.07) is 19.9. The quantitative estimate of drug-likeness (QED) is 0.436. The number of carbonyl (C=O) groups excluding carboxylic acids is 1. The zero-order valence-electron chi connectivity index (χ0n) is 20.6. The third kappa shape index (κ3) is 6.99. The number of nitrogens with zero attached hydrogens (tertiary/aromatic N) is 2. The van der Waals surface area contributed by atoms with Gasteiger partial charge in [-0.05, 0) is 54.4 Å². The Balaban J connectivity index is 1.36. The minimum Gasteiger partial charge on any atom is -0.495 e. The van der Waals surface area contributed by atoms with Gasteiger partial charge in [0.05, 0.1) is 17.7 Å². The van der Waals surface area contributed by atoms with Crippen LogP contribution in [0.4, 0.5) is 10.1 Å². The molecular weight excluding hydrogens is 497 g/mol. The van der Waals surface area contributed by atoms with E-state index in [0.29, 0.717) is 49.8 Å². The van der Waals surface area contributed by atoms with Gasteiger partial charge < -0.3 is 19.3 Å². The third-order valence-corrected chi connectivity index (χ3v) is 7.62. The molecule has 37 heavy (non-hydrogen) atoms. The zero-order valence-corrected chi connectivity index (χ0v) is 21.4. The topological polar surface area (TPSA) is 88.2 Å². The van der Waals surface area contributed by atoms with Crippen molar-refractivity contribution in [1.29, 1.82) is 0 Å². The van der Waals surface area contributed by atoms with E-state index < -0.39 is 10.0 Å². The fourth-order valence-corrected chi connectivity index (χ4v) is 5.15. The molecule has 1 aliphatic rings. The Morgan fingerprint density at radius 2 is 1.68 bits per heavy atom. The van der Waals surface area contributed by atoms with Crippen LogP contribution in [0, 0.1) is 5.82 Å². The maximum atomic E-state index is 13.1. The van der Waals surface area contributed by atoms with Crippen LogP contribution in [0.2, 0.25) is 0 Å². The molecule has 1 N–H and O–H groups in total. The standard InChI is InChI=1S/C27H30FN3O5S/c1-35-26-12-11-24(37(33,34)29-14-13-21-7-9-22(28)10-8-21)19-25(26)30-15-17-31(18-16-30)27(32)20-36-23-5-3-2-4-6-23/h2-12,19,29H,13-18,20H2,1H3. The maximum absolute atomic E-state index is 13.1. The minimum absolute atomic E-state index is 0.0370. The fraction of sp³-hybridized carbons (Fsp3) is 0.296. The Labute approximate surface area is 216 Å². The second-order valence-electron chi connectivity index (χ2n) is 8.58. The Bertz CT molecular complexity index is 1300. The molecule has 4 rings (SSSR count). The highest BCUT2D eigenvalue weighted by Crippen LogP contribution is 2.31. The summed E-state index contributed by atoms with van der Waals surface area (Å²) in [7, 11) is -2.23. The summed E-state index contributed by atoms with van der Waals surface area (Å²) in [4.78, 5) is 16.5. The number of hydrogen-bond acceptors (Lipinski definition) is 6. The van der Waals surface area contributed by atoms with Crippen LogP contribution >= 0.6 is 0 Å². The van der Waals surface area contributed by atoms with E-state index in [-0.39, 0.29) is 29.8 Å². The van der Waals surface area contributed by atoms with Gasteiger partial charge in [0.25, 0.3) is 5.91 Å². The van der Waals surface area contributed by atoms with Crippen LogP contribution in [-0.4, -0.2) is 65.7 Å². The normalized spacial score (nSPS) is 13.9. The van der Waals surface area contributed by atoms with Gasteiger partial charge in [0, 0.05) is 32.7 Å². The third-order valence-electron chi connectivity index (χ3n) is 6.16. The predicted octanol–water partition coefficient (Wildman–Crippen LogP) is 3.08. The molecule has 1 fully saturated rings. The lowest BCUT2D eigenvalue weighted by Gasteiger charge is -2.36. The molecule has 0 spiro atoms. The first-order valence-corrected chi connectivity index (χ1v) is 13.5. The molecule has 0 bridgehead atoms. The van der Waals surface area contributed by atoms with Crippen molar-refractivity contribution in [2.75, 3.05) is 51.3 Å². The average Bonchev–Trinajstić information content (AvgIpc) is 2.93. The SMILES string of the molecule is COc1ccc(S(=O)(=O)NCCc2ccc(F)cc2)cc1N1CCN(C(=O)COc2ccccc2)CC1. The number of ether oxygens (including phenoxy) is 2. The zero-order chi connectivity index (χ0) is 26.3. The summed E-state index contributed by atoms with van der Waals surface area (Å²) in [5.41, 5.74) is 1.48. The van der Waals surface area contributed by atoms with E-state index in [1.165, 1.54) is 25.3 Å². The van der Waals surface area contributed by atoms with Gasteiger partial charge in [-0.15, -0.1) is 0 Å². The van der Waals surface area contributed by atoms with Gasteiger partial charge in [-0.1, -0.05) is 30.3 Å². The van der Waals surface area contributed by atoms with Crippen LogP contribution in [0.1, 0.15) is 5.56 Å². The molecule has 196 valence electrons. The lowest BCUT2D eigenvalue weighted by Crippen LogP contribution is -2.50. The number of sulfonamides is 1. The molecule has 1 amide bonds. The molecular formula is C27H30FN3O5S. The highest BCUT2D eigenvalue weighted by molar-refractivity contribution is 7.89. The number of carbonyl (C=O) groups is 1. The summed E-state index contributed by atoms with van der Waals surface area (Å²) in [6.07, 6.45) is 0.437. The predicted molar refractivity (Wildman–Crippen MR) is 139 cm³/mol. The van der Waals surface area contributed by atoms with Crippen LogP contribution in [-0.2, 0) is 21.2 Å². The van der Waals surface area contributed by atoms with Crippen molar-refractivity contribution in [3.05, 3.63) is 84.2 Å². The van der Waals surface area contributed by atoms with Gasteiger partial charge in [0.2, 0.25) is 10.0 Å². The Morgan fingerprint density at radius 1 is 0.973 bits per heavy atom. The number of nitrogens with one attached hydrogen (secondary N) is 1. The molecule has 1 saturated heterocycles. The highest BCUT2D eigenvalue weighted by atomic mass is 32.2. The van der Waals surface area contributed by atoms with Crippen LogP contribution in [0.25, 0.3) is 0 Å². The summed E-state index contributed by atoms with van der Waals surface area (Å²) in [5, 5.41) is 0. The average molecular weight is 528 g/mol. The molecule has 8 nitrogen and oxygen atoms in total. The van der Waals surface area contributed by atoms with Crippen LogP contribution in [0.5, 0.6) is 11.5 Å². The number of benzene rings is 3. The molecule has 0 radical (unpaired) electrons. The van der Waals surface area contributed by atoms with Crippen LogP contribution in [0.15, 0.2) is 77.7 Å². The molecule has 1 aliphatic heterocycles. The van der Waals surface area contributed by atoms with Gasteiger partial charge in [-0.2, -0.15) is 0 Å². The molecule has 0 unspecified atom stereocenters. The van der Waals surface area contributed by atoms with Crippen LogP contribution < -0.4 is 19.1 Å². The fourth-order valence-electron chi connectivity index (χ4n) is 4.10. The van der Waals surface area contributed by atoms with E-state index in [1.807, 2.05) is 23.1 Å². The van der Waals surface area contributed by atoms with Crippen LogP contribution in [0.3, 0.4) is 0 Å². The van der Waals surface area contributed by atoms with E-state index in [0.717, 1.165) is 5.56 Å². The molecule has 10 heteroatoms. The summed E-state index contributed by atoms with van der Waals surface area (Å²) in [6.45, 7) is 2.15. The van der Waals surface area contributed by atoms with E-state index in [2.05, 4.69) is 4.72 Å². The first-order valence-electron chi connectivity index (χ1n) is 12.0. The van der Waals surface area contributed by atoms with Gasteiger partial charge in [0.15, 0.2) is 6.61 Å². The Kier molecular flexibility index (Phi) is 8.62. The number of methoxy groups -OCH3 is 1. The lowest BCUT2D eigenvalue weighted by atomic mass is 10.1. The molecule has 0 aromatic heterocycles. The lowest BCUT2D eigenvalue weighted by molar-refractivity contribution is -0.133. The largest absolute Gasteiger partial charge is 0.495 e. The van der Waals surface area contributed by atoms with Gasteiger partial charge in [0.1, 0.15) is 17.3 Å². The molecule has 3 aromatic carbocycles. The van der Waals surface area contributed by atoms with Crippen molar-refractivity contribution < 1.29 is 27.1 Å². The molecule has 1 heterocycles. The Morgan fingerprint density at radius 3 is 2.35 bits per heavy atom. The smallest absolute Gasteiger partial charge is 0.260 e. The van der Waals surface area contributed by atoms with Gasteiger partial charge >= 0.3 is 0 Å². The van der Waals surface area contributed by atoms with Crippen molar-refractivity contribution in [3.63, 3.8) is 0 Å². The summed E-state index contributed by atoms with van der Waals surface area (Å²) >= 11 is 0. The number of rotatable bonds is 10. The van der Waals surface area contributed by atoms with Crippen molar-refractivity contribution in [2.24, 2.45) is 0 Å². The van der Waals surface area contributed by atoms with Gasteiger partial charge in [-0.25, -0.2) is 17.5 Å². The Hall–Kier alpha value is -3.63. The molecule has 0 aliphatic carbocycles. The minimum atomic E-state index is -3.77. The molecule has 3 aromatic rings. The number of hydrogen-bond donors (Lipinski definition) is 1. The first kappa shape index (κ1) is 26.4. The summed E-state index contributed by atoms with van der Waals surface area (Å²) < 4.78 is 52.6. The van der Waals surface area contributed by atoms with Gasteiger partial charge in [-0.3, -0.25) is 4.79 Å². The second kappa shape index (κ2) is 12.1. The first-order chi connectivity index (χ1) is 17.9. The number of anilines is 1. The molecule has 0 atom stereocenters. The van der Waals surface area contributed by atoms with E-state index in [1.54, 1.807) is 41.3 Å². The van der Waals surface area contributed by atoms with E-state index >= 15 is 0 Å². The summed E-state index contributed by atoms with van der Waals surface area (Å²) in [5.74, 6) is 0.763. The molecule has 0 saturated carbocycles. The highest BCUT2D eigenvalue weighted by Gasteiger charge is 2.25. The number of para-hydroxylation sites is 1. The monoisotopic (exact) mass is 527 g/mol. The maximum Gasteiger partial charge on any atom is 0.260 e. The number of halogens is 1. The van der Waals surface area contributed by atoms with E-state index in [9.17, 15) is 17.6 Å². The second-order valence-corrected chi connectivity index (χ2v) is 10.3. The number of piperazine rings is 1. The van der Waals surface area contributed by atoms with Crippen molar-refractivity contribution in [1.82, 2.24) is 9.62 Å². The van der Waals surface area contributed by atoms with Crippen molar-refractivity contribution >= 4 is 21.6 Å².